The molecule has 1 aromatic rings. The number of rotatable bonds is 4. The second kappa shape index (κ2) is 6.72. The van der Waals surface area contributed by atoms with Crippen LogP contribution in [0.25, 0.3) is 0 Å². The maximum absolute atomic E-state index is 13.7. The number of ketones is 1. The lowest BCUT2D eigenvalue weighted by Gasteiger charge is -2.38. The quantitative estimate of drug-likeness (QED) is 0.793. The first kappa shape index (κ1) is 15.5. The summed E-state index contributed by atoms with van der Waals surface area (Å²) < 4.78 is 13.7. The lowest BCUT2D eigenvalue weighted by molar-refractivity contribution is 0.0870. The van der Waals surface area contributed by atoms with Crippen molar-refractivity contribution in [1.29, 1.82) is 0 Å². The molecule has 1 aliphatic heterocycles. The molecule has 1 saturated heterocycles. The van der Waals surface area contributed by atoms with Crippen molar-refractivity contribution in [2.24, 2.45) is 5.92 Å². The van der Waals surface area contributed by atoms with Crippen LogP contribution in [-0.4, -0.2) is 40.8 Å². The number of thioether (sulfide) groups is 1. The number of benzene rings is 1. The van der Waals surface area contributed by atoms with E-state index in [0.29, 0.717) is 17.8 Å². The number of nitrogens with zero attached hydrogens (tertiary/aromatic N) is 1. The molecule has 1 aromatic carbocycles. The molecule has 3 atom stereocenters. The molecule has 0 aliphatic carbocycles. The van der Waals surface area contributed by atoms with E-state index in [2.05, 4.69) is 18.7 Å². The van der Waals surface area contributed by atoms with Crippen LogP contribution in [0.1, 0.15) is 31.1 Å². The molecule has 0 radical (unpaired) electrons. The van der Waals surface area contributed by atoms with E-state index < -0.39 is 5.82 Å². The van der Waals surface area contributed by atoms with E-state index >= 15 is 0 Å². The molecule has 0 spiro atoms. The Labute approximate surface area is 124 Å². The van der Waals surface area contributed by atoms with E-state index in [1.54, 1.807) is 18.2 Å². The van der Waals surface area contributed by atoms with Crippen LogP contribution in [-0.2, 0) is 0 Å². The molecule has 3 unspecified atom stereocenters. The van der Waals surface area contributed by atoms with Crippen molar-refractivity contribution >= 4 is 17.5 Å². The van der Waals surface area contributed by atoms with Crippen molar-refractivity contribution in [2.75, 3.05) is 18.8 Å². The fourth-order valence-corrected chi connectivity index (χ4v) is 3.78. The molecule has 0 bridgehead atoms. The maximum atomic E-state index is 13.7. The predicted molar refractivity (Wildman–Crippen MR) is 82.8 cm³/mol. The Kier molecular flexibility index (Phi) is 5.22. The highest BCUT2D eigenvalue weighted by Gasteiger charge is 2.28. The van der Waals surface area contributed by atoms with Crippen molar-refractivity contribution in [3.05, 3.63) is 35.6 Å². The van der Waals surface area contributed by atoms with Gasteiger partial charge in [0.2, 0.25) is 0 Å². The molecule has 2 rings (SSSR count). The number of carbonyl (C=O) groups excluding carboxylic acids is 1. The Hall–Kier alpha value is -0.870. The van der Waals surface area contributed by atoms with Crippen molar-refractivity contribution in [1.82, 2.24) is 4.90 Å². The molecule has 0 amide bonds. The Bertz CT molecular complexity index is 479. The summed E-state index contributed by atoms with van der Waals surface area (Å²) in [7, 11) is 0. The second-order valence-corrected chi connectivity index (χ2v) is 7.04. The molecule has 1 fully saturated rings. The fraction of sp³-hybridized carbons (Fsp3) is 0.562. The summed E-state index contributed by atoms with van der Waals surface area (Å²) in [4.78, 5) is 14.7. The van der Waals surface area contributed by atoms with Gasteiger partial charge in [0.1, 0.15) is 5.82 Å². The Balaban J connectivity index is 2.03. The van der Waals surface area contributed by atoms with Gasteiger partial charge in [-0.2, -0.15) is 11.8 Å². The van der Waals surface area contributed by atoms with E-state index in [4.69, 9.17) is 0 Å². The molecular formula is C16H22FNOS. The van der Waals surface area contributed by atoms with Gasteiger partial charge in [0.15, 0.2) is 5.78 Å². The molecule has 1 heterocycles. The van der Waals surface area contributed by atoms with E-state index in [1.165, 1.54) is 6.07 Å². The van der Waals surface area contributed by atoms with E-state index in [9.17, 15) is 9.18 Å². The van der Waals surface area contributed by atoms with Crippen LogP contribution in [0.4, 0.5) is 4.39 Å². The van der Waals surface area contributed by atoms with Crippen LogP contribution in [0.3, 0.4) is 0 Å². The predicted octanol–water partition coefficient (Wildman–Crippen LogP) is 3.47. The first-order valence-electron chi connectivity index (χ1n) is 7.15. The van der Waals surface area contributed by atoms with Gasteiger partial charge in [0.25, 0.3) is 0 Å². The largest absolute Gasteiger partial charge is 0.298 e. The molecule has 2 nitrogen and oxygen atoms in total. The van der Waals surface area contributed by atoms with E-state index in [1.807, 2.05) is 18.7 Å². The van der Waals surface area contributed by atoms with Gasteiger partial charge in [-0.15, -0.1) is 0 Å². The second-order valence-electron chi connectivity index (χ2n) is 5.56. The average molecular weight is 295 g/mol. The van der Waals surface area contributed by atoms with Crippen LogP contribution in [0, 0.1) is 11.7 Å². The van der Waals surface area contributed by atoms with Crippen molar-refractivity contribution < 1.29 is 9.18 Å². The van der Waals surface area contributed by atoms with Crippen LogP contribution in [0.2, 0.25) is 0 Å². The van der Waals surface area contributed by atoms with Crippen LogP contribution >= 0.6 is 11.8 Å². The zero-order valence-corrected chi connectivity index (χ0v) is 13.1. The van der Waals surface area contributed by atoms with Gasteiger partial charge in [0, 0.05) is 36.1 Å². The monoisotopic (exact) mass is 295 g/mol. The zero-order chi connectivity index (χ0) is 14.7. The van der Waals surface area contributed by atoms with Crippen LogP contribution < -0.4 is 0 Å². The number of hydrogen-bond donors (Lipinski definition) is 0. The number of halogens is 1. The topological polar surface area (TPSA) is 20.3 Å². The summed E-state index contributed by atoms with van der Waals surface area (Å²) in [5.41, 5.74) is 0.215. The molecule has 110 valence electrons. The molecule has 4 heteroatoms. The van der Waals surface area contributed by atoms with Crippen molar-refractivity contribution in [3.63, 3.8) is 0 Å². The Morgan fingerprint density at radius 1 is 1.45 bits per heavy atom. The van der Waals surface area contributed by atoms with Gasteiger partial charge in [-0.3, -0.25) is 9.69 Å². The Morgan fingerprint density at radius 2 is 2.15 bits per heavy atom. The molecule has 0 saturated carbocycles. The number of Topliss-reactive ketones (excluding diaryl/α,β-unsaturated/α-hetero) is 1. The minimum atomic E-state index is -0.417. The number of hydrogen-bond acceptors (Lipinski definition) is 3. The van der Waals surface area contributed by atoms with Crippen molar-refractivity contribution in [3.8, 4) is 0 Å². The van der Waals surface area contributed by atoms with Crippen LogP contribution in [0.15, 0.2) is 24.3 Å². The first-order chi connectivity index (χ1) is 9.50. The highest BCUT2D eigenvalue weighted by atomic mass is 32.2. The summed E-state index contributed by atoms with van der Waals surface area (Å²) in [5.74, 6) is 0.414. The third-order valence-electron chi connectivity index (χ3n) is 4.11. The summed E-state index contributed by atoms with van der Waals surface area (Å²) in [6.45, 7) is 8.04. The molecule has 0 N–H and O–H groups in total. The van der Waals surface area contributed by atoms with E-state index in [0.717, 1.165) is 12.3 Å². The molecule has 1 aliphatic rings. The van der Waals surface area contributed by atoms with Gasteiger partial charge in [-0.1, -0.05) is 26.0 Å². The average Bonchev–Trinajstić information content (AvgIpc) is 2.43. The first-order valence-corrected chi connectivity index (χ1v) is 8.20. The standard InChI is InChI=1S/C16H22FNOS/c1-11(10-18-8-9-20-13(3)12(18)2)16(19)14-6-4-5-7-15(14)17/h4-7,11-13H,8-10H2,1-3H3. The van der Waals surface area contributed by atoms with Gasteiger partial charge in [-0.05, 0) is 19.1 Å². The lowest BCUT2D eigenvalue weighted by atomic mass is 9.97. The molecular weight excluding hydrogens is 273 g/mol. The minimum Gasteiger partial charge on any atom is -0.298 e. The van der Waals surface area contributed by atoms with Gasteiger partial charge >= 0.3 is 0 Å². The SMILES string of the molecule is CC(CN1CCSC(C)C1C)C(=O)c1ccccc1F. The normalized spacial score (nSPS) is 25.4. The van der Waals surface area contributed by atoms with Gasteiger partial charge in [0.05, 0.1) is 5.56 Å². The summed E-state index contributed by atoms with van der Waals surface area (Å²) in [5, 5.41) is 0.583. The van der Waals surface area contributed by atoms with Gasteiger partial charge < -0.3 is 0 Å². The molecule has 0 aromatic heterocycles. The highest BCUT2D eigenvalue weighted by Crippen LogP contribution is 2.25. The summed E-state index contributed by atoms with van der Waals surface area (Å²) in [6.07, 6.45) is 0. The van der Waals surface area contributed by atoms with Crippen LogP contribution in [0.5, 0.6) is 0 Å². The van der Waals surface area contributed by atoms with Gasteiger partial charge in [-0.25, -0.2) is 4.39 Å². The minimum absolute atomic E-state index is 0.0961. The van der Waals surface area contributed by atoms with E-state index in [-0.39, 0.29) is 17.3 Å². The number of carbonyl (C=O) groups is 1. The Morgan fingerprint density at radius 3 is 2.85 bits per heavy atom. The zero-order valence-electron chi connectivity index (χ0n) is 12.3. The van der Waals surface area contributed by atoms with Crippen molar-refractivity contribution in [2.45, 2.75) is 32.1 Å². The highest BCUT2D eigenvalue weighted by molar-refractivity contribution is 8.00. The molecule has 20 heavy (non-hydrogen) atoms. The summed E-state index contributed by atoms with van der Waals surface area (Å²) >= 11 is 1.98. The maximum Gasteiger partial charge on any atom is 0.169 e. The lowest BCUT2D eigenvalue weighted by Crippen LogP contribution is -2.47. The third-order valence-corrected chi connectivity index (χ3v) is 5.45. The fourth-order valence-electron chi connectivity index (χ4n) is 2.61. The third kappa shape index (κ3) is 3.41. The summed E-state index contributed by atoms with van der Waals surface area (Å²) in [6, 6.07) is 6.71. The smallest absolute Gasteiger partial charge is 0.169 e.